The number of benzene rings is 1. The highest BCUT2D eigenvalue weighted by atomic mass is 16.5. The van der Waals surface area contributed by atoms with E-state index in [1.54, 1.807) is 19.1 Å². The third-order valence-corrected chi connectivity index (χ3v) is 4.25. The number of aryl methyl sites for hydroxylation is 1. The number of amides is 1. The highest BCUT2D eigenvalue weighted by Crippen LogP contribution is 2.23. The molecule has 0 unspecified atom stereocenters. The largest absolute Gasteiger partial charge is 0.508 e. The Morgan fingerprint density at radius 2 is 1.91 bits per heavy atom. The van der Waals surface area contributed by atoms with Gasteiger partial charge in [0.2, 0.25) is 0 Å². The third kappa shape index (κ3) is 3.59. The van der Waals surface area contributed by atoms with Crippen LogP contribution in [-0.4, -0.2) is 40.6 Å². The third-order valence-electron chi connectivity index (χ3n) is 4.25. The lowest BCUT2D eigenvalue weighted by atomic mass is 9.97. The predicted octanol–water partition coefficient (Wildman–Crippen LogP) is 2.65. The van der Waals surface area contributed by atoms with Crippen LogP contribution in [0.4, 0.5) is 0 Å². The molecule has 2 atom stereocenters. The van der Waals surface area contributed by atoms with Gasteiger partial charge in [-0.05, 0) is 57.7 Å². The number of likely N-dealkylation sites (tertiary alicyclic amines) is 1. The van der Waals surface area contributed by atoms with Gasteiger partial charge in [-0.2, -0.15) is 0 Å². The molecular weight excluding hydrogens is 282 g/mol. The molecule has 1 fully saturated rings. The fraction of sp³-hybridized carbons (Fsp3) is 0.529. The molecule has 0 aromatic heterocycles. The topological polar surface area (TPSA) is 66.8 Å². The van der Waals surface area contributed by atoms with E-state index in [9.17, 15) is 14.7 Å². The minimum Gasteiger partial charge on any atom is -0.508 e. The molecule has 1 amide bonds. The lowest BCUT2D eigenvalue weighted by Gasteiger charge is -2.38. The number of carbonyl (C=O) groups is 2. The number of hydrogen-bond acceptors (Lipinski definition) is 4. The van der Waals surface area contributed by atoms with E-state index >= 15 is 0 Å². The van der Waals surface area contributed by atoms with Crippen molar-refractivity contribution in [1.82, 2.24) is 4.90 Å². The number of esters is 1. The molecule has 1 N–H and O–H groups in total. The molecule has 0 bridgehead atoms. The number of aromatic hydroxyl groups is 1. The summed E-state index contributed by atoms with van der Waals surface area (Å²) in [6.45, 7) is 5.52. The van der Waals surface area contributed by atoms with Crippen molar-refractivity contribution in [1.29, 1.82) is 0 Å². The highest BCUT2D eigenvalue weighted by molar-refractivity contribution is 5.91. The van der Waals surface area contributed by atoms with Gasteiger partial charge in [0, 0.05) is 12.1 Å². The Morgan fingerprint density at radius 3 is 2.50 bits per heavy atom. The van der Waals surface area contributed by atoms with Gasteiger partial charge in [0.05, 0.1) is 5.56 Å². The van der Waals surface area contributed by atoms with Crippen LogP contribution in [0.1, 0.15) is 49.0 Å². The summed E-state index contributed by atoms with van der Waals surface area (Å²) in [5.74, 6) is -0.718. The number of ether oxygens (including phenoxy) is 1. The van der Waals surface area contributed by atoms with Crippen molar-refractivity contribution >= 4 is 11.9 Å². The molecule has 2 rings (SSSR count). The molecule has 0 saturated carbocycles. The zero-order chi connectivity index (χ0) is 16.3. The van der Waals surface area contributed by atoms with Crippen LogP contribution in [0, 0.1) is 6.92 Å². The first-order valence-corrected chi connectivity index (χ1v) is 7.68. The fourth-order valence-corrected chi connectivity index (χ4v) is 2.93. The molecule has 1 aliphatic rings. The van der Waals surface area contributed by atoms with Crippen LogP contribution in [-0.2, 0) is 9.53 Å². The zero-order valence-electron chi connectivity index (χ0n) is 13.3. The summed E-state index contributed by atoms with van der Waals surface area (Å²) in [7, 11) is 0. The maximum Gasteiger partial charge on any atom is 0.338 e. The van der Waals surface area contributed by atoms with E-state index in [0.717, 1.165) is 19.3 Å². The zero-order valence-corrected chi connectivity index (χ0v) is 13.3. The minimum absolute atomic E-state index is 0.0408. The van der Waals surface area contributed by atoms with Gasteiger partial charge >= 0.3 is 5.97 Å². The molecule has 1 saturated heterocycles. The average molecular weight is 305 g/mol. The standard InChI is InChI=1S/C17H23NO4/c1-11-7-8-14(9-15(11)19)17(21)22-10-16(20)18-12(2)5-4-6-13(18)3/h7-9,12-13,19H,4-6,10H2,1-3H3/t12-,13-/m0/s1. The first kappa shape index (κ1) is 16.3. The molecule has 1 aromatic carbocycles. The van der Waals surface area contributed by atoms with Crippen LogP contribution in [0.3, 0.4) is 0 Å². The second-order valence-electron chi connectivity index (χ2n) is 6.01. The first-order valence-electron chi connectivity index (χ1n) is 7.68. The van der Waals surface area contributed by atoms with Crippen LogP contribution < -0.4 is 0 Å². The SMILES string of the molecule is Cc1ccc(C(=O)OCC(=O)N2[C@@H](C)CCC[C@@H]2C)cc1O. The van der Waals surface area contributed by atoms with Crippen LogP contribution in [0.15, 0.2) is 18.2 Å². The van der Waals surface area contributed by atoms with Crippen LogP contribution >= 0.6 is 0 Å². The molecule has 120 valence electrons. The van der Waals surface area contributed by atoms with E-state index in [4.69, 9.17) is 4.74 Å². The lowest BCUT2D eigenvalue weighted by molar-refractivity contribution is -0.140. The molecular formula is C17H23NO4. The first-order chi connectivity index (χ1) is 10.4. The summed E-state index contributed by atoms with van der Waals surface area (Å²) in [5, 5.41) is 9.62. The Kier molecular flexibility index (Phi) is 5.06. The van der Waals surface area contributed by atoms with Gasteiger partial charge in [-0.1, -0.05) is 6.07 Å². The molecule has 22 heavy (non-hydrogen) atoms. The van der Waals surface area contributed by atoms with Crippen molar-refractivity contribution in [3.63, 3.8) is 0 Å². The van der Waals surface area contributed by atoms with Gasteiger partial charge in [0.25, 0.3) is 5.91 Å². The monoisotopic (exact) mass is 305 g/mol. The summed E-state index contributed by atoms with van der Waals surface area (Å²) in [6.07, 6.45) is 3.08. The smallest absolute Gasteiger partial charge is 0.338 e. The second-order valence-corrected chi connectivity index (χ2v) is 6.01. The second kappa shape index (κ2) is 6.81. The van der Waals surface area contributed by atoms with E-state index < -0.39 is 5.97 Å². The Bertz CT molecular complexity index is 560. The quantitative estimate of drug-likeness (QED) is 0.872. The number of phenolic OH excluding ortho intramolecular Hbond substituents is 1. The summed E-state index contributed by atoms with van der Waals surface area (Å²) in [6, 6.07) is 4.93. The Hall–Kier alpha value is -2.04. The lowest BCUT2D eigenvalue weighted by Crippen LogP contribution is -2.49. The summed E-state index contributed by atoms with van der Waals surface area (Å²) < 4.78 is 5.09. The van der Waals surface area contributed by atoms with Crippen molar-refractivity contribution in [2.45, 2.75) is 52.1 Å². The number of hydrogen-bond donors (Lipinski definition) is 1. The molecule has 1 aliphatic heterocycles. The van der Waals surface area contributed by atoms with Crippen molar-refractivity contribution < 1.29 is 19.4 Å². The van der Waals surface area contributed by atoms with Crippen molar-refractivity contribution in [2.24, 2.45) is 0 Å². The molecule has 5 nitrogen and oxygen atoms in total. The van der Waals surface area contributed by atoms with E-state index in [0.29, 0.717) is 5.56 Å². The summed E-state index contributed by atoms with van der Waals surface area (Å²) >= 11 is 0. The van der Waals surface area contributed by atoms with Crippen LogP contribution in [0.2, 0.25) is 0 Å². The normalized spacial score (nSPS) is 21.5. The van der Waals surface area contributed by atoms with Crippen molar-refractivity contribution in [2.75, 3.05) is 6.61 Å². The van der Waals surface area contributed by atoms with Gasteiger partial charge < -0.3 is 14.7 Å². The number of rotatable bonds is 3. The van der Waals surface area contributed by atoms with Crippen LogP contribution in [0.25, 0.3) is 0 Å². The van der Waals surface area contributed by atoms with Crippen LogP contribution in [0.5, 0.6) is 5.75 Å². The number of phenols is 1. The minimum atomic E-state index is -0.596. The van der Waals surface area contributed by atoms with Gasteiger partial charge in [-0.25, -0.2) is 4.79 Å². The highest BCUT2D eigenvalue weighted by Gasteiger charge is 2.29. The summed E-state index contributed by atoms with van der Waals surface area (Å²) in [5.41, 5.74) is 0.930. The molecule has 0 radical (unpaired) electrons. The van der Waals surface area contributed by atoms with E-state index in [1.807, 2.05) is 18.7 Å². The van der Waals surface area contributed by atoms with E-state index in [-0.39, 0.29) is 35.9 Å². The number of nitrogens with zero attached hydrogens (tertiary/aromatic N) is 1. The molecule has 1 heterocycles. The van der Waals surface area contributed by atoms with Gasteiger partial charge in [-0.15, -0.1) is 0 Å². The maximum atomic E-state index is 12.3. The Balaban J connectivity index is 1.95. The summed E-state index contributed by atoms with van der Waals surface area (Å²) in [4.78, 5) is 26.0. The van der Waals surface area contributed by atoms with Gasteiger partial charge in [0.1, 0.15) is 5.75 Å². The van der Waals surface area contributed by atoms with E-state index in [1.165, 1.54) is 6.07 Å². The maximum absolute atomic E-state index is 12.3. The fourth-order valence-electron chi connectivity index (χ4n) is 2.93. The Morgan fingerprint density at radius 1 is 1.27 bits per heavy atom. The van der Waals surface area contributed by atoms with Gasteiger partial charge in [0.15, 0.2) is 6.61 Å². The van der Waals surface area contributed by atoms with E-state index in [2.05, 4.69) is 0 Å². The molecule has 1 aromatic rings. The molecule has 0 aliphatic carbocycles. The Labute approximate surface area is 130 Å². The number of carbonyl (C=O) groups excluding carboxylic acids is 2. The van der Waals surface area contributed by atoms with Crippen molar-refractivity contribution in [3.8, 4) is 5.75 Å². The molecule has 0 spiro atoms. The van der Waals surface area contributed by atoms with Gasteiger partial charge in [-0.3, -0.25) is 4.79 Å². The molecule has 5 heteroatoms. The average Bonchev–Trinajstić information content (AvgIpc) is 2.47. The van der Waals surface area contributed by atoms with Crippen molar-refractivity contribution in [3.05, 3.63) is 29.3 Å². The number of piperidine rings is 1. The predicted molar refractivity (Wildman–Crippen MR) is 82.7 cm³/mol.